The molecule has 1 aliphatic rings. The Morgan fingerprint density at radius 2 is 1.93 bits per heavy atom. The molecule has 0 spiro atoms. The fourth-order valence-electron chi connectivity index (χ4n) is 1.54. The summed E-state index contributed by atoms with van der Waals surface area (Å²) in [6.07, 6.45) is 2.77. The Labute approximate surface area is 88.4 Å². The van der Waals surface area contributed by atoms with Gasteiger partial charge in [-0.15, -0.1) is 0 Å². The van der Waals surface area contributed by atoms with E-state index in [-0.39, 0.29) is 0 Å². The van der Waals surface area contributed by atoms with Crippen molar-refractivity contribution in [3.8, 4) is 0 Å². The van der Waals surface area contributed by atoms with Gasteiger partial charge < -0.3 is 10.1 Å². The molecular weight excluding hydrogens is 174 g/mol. The maximum absolute atomic E-state index is 5.52. The second kappa shape index (κ2) is 5.13. The van der Waals surface area contributed by atoms with Gasteiger partial charge in [-0.05, 0) is 31.1 Å². The Balaban J connectivity index is 1.93. The lowest BCUT2D eigenvalue weighted by molar-refractivity contribution is 0.108. The Bertz CT molecular complexity index is 164. The molecule has 0 heterocycles. The average molecular weight is 199 g/mol. The van der Waals surface area contributed by atoms with Crippen LogP contribution in [0.4, 0.5) is 0 Å². The van der Waals surface area contributed by atoms with Crippen LogP contribution >= 0.6 is 0 Å². The second-order valence-corrected chi connectivity index (χ2v) is 5.30. The first-order valence-corrected chi connectivity index (χ1v) is 5.86. The van der Waals surface area contributed by atoms with E-state index in [1.807, 2.05) is 0 Å². The highest BCUT2D eigenvalue weighted by Crippen LogP contribution is 2.47. The topological polar surface area (TPSA) is 21.3 Å². The Hall–Kier alpha value is -0.0800. The minimum Gasteiger partial charge on any atom is -0.380 e. The summed E-state index contributed by atoms with van der Waals surface area (Å²) in [5.41, 5.74) is 0.581. The summed E-state index contributed by atoms with van der Waals surface area (Å²) in [4.78, 5) is 0. The molecule has 1 aliphatic carbocycles. The van der Waals surface area contributed by atoms with E-state index in [2.05, 4.69) is 33.0 Å². The summed E-state index contributed by atoms with van der Waals surface area (Å²) < 4.78 is 5.52. The van der Waals surface area contributed by atoms with E-state index in [1.54, 1.807) is 0 Å². The molecule has 1 fully saturated rings. The molecule has 0 aromatic heterocycles. The van der Waals surface area contributed by atoms with Crippen molar-refractivity contribution in [3.63, 3.8) is 0 Å². The highest BCUT2D eigenvalue weighted by Gasteiger charge is 2.41. The number of nitrogens with one attached hydrogen (secondary N) is 1. The van der Waals surface area contributed by atoms with Gasteiger partial charge in [-0.1, -0.05) is 20.8 Å². The van der Waals surface area contributed by atoms with Gasteiger partial charge in [0.05, 0.1) is 6.61 Å². The summed E-state index contributed by atoms with van der Waals surface area (Å²) in [6, 6.07) is 0.644. The van der Waals surface area contributed by atoms with Crippen LogP contribution in [0, 0.1) is 11.3 Å². The zero-order valence-electron chi connectivity index (χ0n) is 10.1. The molecule has 0 aromatic rings. The second-order valence-electron chi connectivity index (χ2n) is 5.30. The van der Waals surface area contributed by atoms with Crippen molar-refractivity contribution in [1.29, 1.82) is 0 Å². The lowest BCUT2D eigenvalue weighted by atomic mass is 10.0. The van der Waals surface area contributed by atoms with Crippen molar-refractivity contribution in [3.05, 3.63) is 0 Å². The van der Waals surface area contributed by atoms with Gasteiger partial charge in [0.2, 0.25) is 0 Å². The zero-order valence-corrected chi connectivity index (χ0v) is 10.1. The largest absolute Gasteiger partial charge is 0.380 e. The summed E-state index contributed by atoms with van der Waals surface area (Å²) in [6.45, 7) is 11.7. The fourth-order valence-corrected chi connectivity index (χ4v) is 1.54. The SMILES string of the molecule is CC(C)COCCNC(C)C1(C)CC1. The van der Waals surface area contributed by atoms with Crippen molar-refractivity contribution in [2.75, 3.05) is 19.8 Å². The molecule has 1 N–H and O–H groups in total. The molecule has 0 radical (unpaired) electrons. The van der Waals surface area contributed by atoms with Gasteiger partial charge in [-0.25, -0.2) is 0 Å². The van der Waals surface area contributed by atoms with Crippen LogP contribution in [0.15, 0.2) is 0 Å². The molecule has 0 aromatic carbocycles. The molecular formula is C12H25NO. The Morgan fingerprint density at radius 3 is 2.43 bits per heavy atom. The van der Waals surface area contributed by atoms with E-state index < -0.39 is 0 Å². The maximum Gasteiger partial charge on any atom is 0.0591 e. The summed E-state index contributed by atoms with van der Waals surface area (Å²) in [5, 5.41) is 3.53. The quantitative estimate of drug-likeness (QED) is 0.636. The van der Waals surface area contributed by atoms with Crippen molar-refractivity contribution >= 4 is 0 Å². The van der Waals surface area contributed by atoms with Crippen LogP contribution in [0.1, 0.15) is 40.5 Å². The normalized spacial score (nSPS) is 21.2. The lowest BCUT2D eigenvalue weighted by Gasteiger charge is -2.20. The number of hydrogen-bond donors (Lipinski definition) is 1. The van der Waals surface area contributed by atoms with Crippen LogP contribution in [0.25, 0.3) is 0 Å². The van der Waals surface area contributed by atoms with Crippen molar-refractivity contribution in [1.82, 2.24) is 5.32 Å². The van der Waals surface area contributed by atoms with E-state index in [9.17, 15) is 0 Å². The van der Waals surface area contributed by atoms with Gasteiger partial charge in [-0.2, -0.15) is 0 Å². The van der Waals surface area contributed by atoms with Crippen molar-refractivity contribution < 1.29 is 4.74 Å². The van der Waals surface area contributed by atoms with Crippen molar-refractivity contribution in [2.24, 2.45) is 11.3 Å². The smallest absolute Gasteiger partial charge is 0.0591 e. The fraction of sp³-hybridized carbons (Fsp3) is 1.00. The number of hydrogen-bond acceptors (Lipinski definition) is 2. The molecule has 1 atom stereocenters. The van der Waals surface area contributed by atoms with E-state index in [4.69, 9.17) is 4.74 Å². The first kappa shape index (κ1) is 12.0. The average Bonchev–Trinajstić information content (AvgIpc) is 2.83. The molecule has 2 nitrogen and oxygen atoms in total. The first-order chi connectivity index (χ1) is 6.54. The summed E-state index contributed by atoms with van der Waals surface area (Å²) >= 11 is 0. The van der Waals surface area contributed by atoms with E-state index >= 15 is 0 Å². The van der Waals surface area contributed by atoms with Crippen LogP contribution in [0.2, 0.25) is 0 Å². The van der Waals surface area contributed by atoms with Gasteiger partial charge in [0.25, 0.3) is 0 Å². The van der Waals surface area contributed by atoms with Crippen LogP contribution in [-0.2, 0) is 4.74 Å². The Morgan fingerprint density at radius 1 is 1.29 bits per heavy atom. The molecule has 0 amide bonds. The third-order valence-electron chi connectivity index (χ3n) is 3.23. The zero-order chi connectivity index (χ0) is 10.6. The third-order valence-corrected chi connectivity index (χ3v) is 3.23. The van der Waals surface area contributed by atoms with Gasteiger partial charge in [0.15, 0.2) is 0 Å². The van der Waals surface area contributed by atoms with Gasteiger partial charge >= 0.3 is 0 Å². The molecule has 2 heteroatoms. The molecule has 1 saturated carbocycles. The molecule has 1 unspecified atom stereocenters. The number of ether oxygens (including phenoxy) is 1. The minimum atomic E-state index is 0.581. The molecule has 0 bridgehead atoms. The summed E-state index contributed by atoms with van der Waals surface area (Å²) in [7, 11) is 0. The molecule has 0 aliphatic heterocycles. The van der Waals surface area contributed by atoms with E-state index in [0.717, 1.165) is 19.8 Å². The highest BCUT2D eigenvalue weighted by atomic mass is 16.5. The predicted molar refractivity (Wildman–Crippen MR) is 60.5 cm³/mol. The Kier molecular flexibility index (Phi) is 4.39. The first-order valence-electron chi connectivity index (χ1n) is 5.86. The van der Waals surface area contributed by atoms with Gasteiger partial charge in [0.1, 0.15) is 0 Å². The third kappa shape index (κ3) is 3.97. The van der Waals surface area contributed by atoms with E-state index in [1.165, 1.54) is 12.8 Å². The van der Waals surface area contributed by atoms with Crippen LogP contribution in [0.3, 0.4) is 0 Å². The standard InChI is InChI=1S/C12H25NO/c1-10(2)9-14-8-7-13-11(3)12(4)5-6-12/h10-11,13H,5-9H2,1-4H3. The summed E-state index contributed by atoms with van der Waals surface area (Å²) in [5.74, 6) is 0.647. The maximum atomic E-state index is 5.52. The number of rotatable bonds is 7. The lowest BCUT2D eigenvalue weighted by Crippen LogP contribution is -2.35. The van der Waals surface area contributed by atoms with Crippen molar-refractivity contribution in [2.45, 2.75) is 46.6 Å². The monoisotopic (exact) mass is 199 g/mol. The molecule has 0 saturated heterocycles. The van der Waals surface area contributed by atoms with Crippen LogP contribution < -0.4 is 5.32 Å². The predicted octanol–water partition coefficient (Wildman–Crippen LogP) is 2.44. The van der Waals surface area contributed by atoms with E-state index in [0.29, 0.717) is 17.4 Å². The molecule has 14 heavy (non-hydrogen) atoms. The molecule has 1 rings (SSSR count). The van der Waals surface area contributed by atoms with Gasteiger partial charge in [-0.3, -0.25) is 0 Å². The van der Waals surface area contributed by atoms with Crippen LogP contribution in [-0.4, -0.2) is 25.8 Å². The van der Waals surface area contributed by atoms with Crippen LogP contribution in [0.5, 0.6) is 0 Å². The van der Waals surface area contributed by atoms with Gasteiger partial charge in [0, 0.05) is 19.2 Å². The minimum absolute atomic E-state index is 0.581. The molecule has 84 valence electrons. The highest BCUT2D eigenvalue weighted by molar-refractivity contribution is 4.96.